The number of ether oxygens (including phenoxy) is 1. The Bertz CT molecular complexity index is 186. The predicted octanol–water partition coefficient (Wildman–Crippen LogP) is 1.02. The van der Waals surface area contributed by atoms with Gasteiger partial charge in [-0.25, -0.2) is 0 Å². The molecule has 68 valence electrons. The van der Waals surface area contributed by atoms with Crippen molar-refractivity contribution in [3.63, 3.8) is 0 Å². The summed E-state index contributed by atoms with van der Waals surface area (Å²) in [6.45, 7) is 1.92. The van der Waals surface area contributed by atoms with Gasteiger partial charge in [0.15, 0.2) is 0 Å². The van der Waals surface area contributed by atoms with Crippen LogP contribution in [0.5, 0.6) is 0 Å². The minimum absolute atomic E-state index is 0.127. The first-order valence-corrected chi connectivity index (χ1v) is 4.21. The van der Waals surface area contributed by atoms with E-state index in [1.54, 1.807) is 0 Å². The molecule has 1 saturated heterocycles. The van der Waals surface area contributed by atoms with Crippen LogP contribution in [-0.4, -0.2) is 23.3 Å². The van der Waals surface area contributed by atoms with Gasteiger partial charge < -0.3 is 9.84 Å². The number of hydrogen-bond donors (Lipinski definition) is 1. The van der Waals surface area contributed by atoms with Gasteiger partial charge in [-0.05, 0) is 6.92 Å². The van der Waals surface area contributed by atoms with Crippen LogP contribution in [0.25, 0.3) is 0 Å². The average molecular weight is 170 g/mol. The molecule has 0 aromatic carbocycles. The Hall–Kier alpha value is -0.830. The number of cyclic esters (lactones) is 1. The lowest BCUT2D eigenvalue weighted by molar-refractivity contribution is -0.159. The Labute approximate surface area is 72.0 Å². The Kier molecular flexibility index (Phi) is 3.29. The Morgan fingerprint density at radius 2 is 2.50 bits per heavy atom. The van der Waals surface area contributed by atoms with Gasteiger partial charge >= 0.3 is 5.97 Å². The van der Waals surface area contributed by atoms with E-state index in [1.807, 2.05) is 19.1 Å². The van der Waals surface area contributed by atoms with Crippen LogP contribution in [0.15, 0.2) is 12.2 Å². The molecule has 3 heteroatoms. The normalized spacial score (nSPS) is 30.7. The summed E-state index contributed by atoms with van der Waals surface area (Å²) >= 11 is 0. The van der Waals surface area contributed by atoms with Crippen LogP contribution >= 0.6 is 0 Å². The fourth-order valence-electron chi connectivity index (χ4n) is 1.29. The van der Waals surface area contributed by atoms with Crippen molar-refractivity contribution in [1.29, 1.82) is 0 Å². The second-order valence-electron chi connectivity index (χ2n) is 3.01. The van der Waals surface area contributed by atoms with E-state index >= 15 is 0 Å². The third-order valence-corrected chi connectivity index (χ3v) is 1.87. The quantitative estimate of drug-likeness (QED) is 0.497. The summed E-state index contributed by atoms with van der Waals surface area (Å²) in [5, 5.41) is 9.22. The SMILES string of the molecule is CC=CCC1CC(O)CC(=O)O1. The summed E-state index contributed by atoms with van der Waals surface area (Å²) in [4.78, 5) is 10.8. The van der Waals surface area contributed by atoms with Crippen LogP contribution in [0.3, 0.4) is 0 Å². The summed E-state index contributed by atoms with van der Waals surface area (Å²) in [5.74, 6) is -0.289. The van der Waals surface area contributed by atoms with Gasteiger partial charge in [0.05, 0.1) is 12.5 Å². The lowest BCUT2D eigenvalue weighted by Crippen LogP contribution is -2.32. The number of esters is 1. The molecule has 0 bridgehead atoms. The van der Waals surface area contributed by atoms with Gasteiger partial charge in [-0.3, -0.25) is 4.79 Å². The Morgan fingerprint density at radius 3 is 3.08 bits per heavy atom. The molecule has 1 aliphatic rings. The maximum Gasteiger partial charge on any atom is 0.308 e. The summed E-state index contributed by atoms with van der Waals surface area (Å²) in [5.41, 5.74) is 0. The first-order valence-electron chi connectivity index (χ1n) is 4.21. The molecule has 0 aromatic heterocycles. The van der Waals surface area contributed by atoms with Crippen molar-refractivity contribution in [2.24, 2.45) is 0 Å². The first kappa shape index (κ1) is 9.26. The molecule has 1 rings (SSSR count). The van der Waals surface area contributed by atoms with E-state index in [4.69, 9.17) is 4.74 Å². The lowest BCUT2D eigenvalue weighted by Gasteiger charge is -2.24. The van der Waals surface area contributed by atoms with Gasteiger partial charge in [0.25, 0.3) is 0 Å². The predicted molar refractivity (Wildman–Crippen MR) is 44.6 cm³/mol. The lowest BCUT2D eigenvalue weighted by atomic mass is 10.0. The molecule has 0 amide bonds. The molecule has 0 saturated carbocycles. The van der Waals surface area contributed by atoms with E-state index in [0.717, 1.165) is 0 Å². The third kappa shape index (κ3) is 2.66. The minimum Gasteiger partial charge on any atom is -0.462 e. The molecule has 1 fully saturated rings. The van der Waals surface area contributed by atoms with E-state index in [9.17, 15) is 9.90 Å². The van der Waals surface area contributed by atoms with Crippen molar-refractivity contribution >= 4 is 5.97 Å². The highest BCUT2D eigenvalue weighted by atomic mass is 16.5. The van der Waals surface area contributed by atoms with Gasteiger partial charge in [0, 0.05) is 12.8 Å². The van der Waals surface area contributed by atoms with Crippen molar-refractivity contribution in [3.05, 3.63) is 12.2 Å². The number of hydrogen-bond acceptors (Lipinski definition) is 3. The van der Waals surface area contributed by atoms with Gasteiger partial charge in [-0.15, -0.1) is 0 Å². The highest BCUT2D eigenvalue weighted by molar-refractivity contribution is 5.70. The molecule has 0 aromatic rings. The van der Waals surface area contributed by atoms with Crippen LogP contribution in [0, 0.1) is 0 Å². The van der Waals surface area contributed by atoms with Crippen LogP contribution in [-0.2, 0) is 9.53 Å². The second-order valence-corrected chi connectivity index (χ2v) is 3.01. The fourth-order valence-corrected chi connectivity index (χ4v) is 1.29. The number of allylic oxidation sites excluding steroid dienone is 1. The molecular weight excluding hydrogens is 156 g/mol. The zero-order chi connectivity index (χ0) is 8.97. The largest absolute Gasteiger partial charge is 0.462 e. The van der Waals surface area contributed by atoms with Crippen LogP contribution in [0.2, 0.25) is 0 Å². The monoisotopic (exact) mass is 170 g/mol. The molecular formula is C9H14O3. The number of aliphatic hydroxyl groups excluding tert-OH is 1. The first-order chi connectivity index (χ1) is 5.72. The van der Waals surface area contributed by atoms with E-state index in [1.165, 1.54) is 0 Å². The maximum atomic E-state index is 10.8. The highest BCUT2D eigenvalue weighted by Gasteiger charge is 2.25. The zero-order valence-electron chi connectivity index (χ0n) is 7.19. The molecule has 2 unspecified atom stereocenters. The van der Waals surface area contributed by atoms with E-state index in [2.05, 4.69) is 0 Å². The van der Waals surface area contributed by atoms with E-state index in [-0.39, 0.29) is 18.5 Å². The zero-order valence-corrected chi connectivity index (χ0v) is 7.19. The molecule has 2 atom stereocenters. The van der Waals surface area contributed by atoms with E-state index in [0.29, 0.717) is 12.8 Å². The maximum absolute atomic E-state index is 10.8. The molecule has 0 aliphatic carbocycles. The average Bonchev–Trinajstić information content (AvgIpc) is 1.99. The number of carbonyl (C=O) groups is 1. The van der Waals surface area contributed by atoms with Crippen LogP contribution in [0.4, 0.5) is 0 Å². The van der Waals surface area contributed by atoms with Gasteiger partial charge in [0.2, 0.25) is 0 Å². The summed E-state index contributed by atoms with van der Waals surface area (Å²) < 4.78 is 5.01. The molecule has 3 nitrogen and oxygen atoms in total. The molecule has 0 spiro atoms. The van der Waals surface area contributed by atoms with E-state index < -0.39 is 6.10 Å². The fraction of sp³-hybridized carbons (Fsp3) is 0.667. The molecule has 12 heavy (non-hydrogen) atoms. The number of aliphatic hydroxyl groups is 1. The second kappa shape index (κ2) is 4.26. The van der Waals surface area contributed by atoms with Gasteiger partial charge in [-0.2, -0.15) is 0 Å². The Morgan fingerprint density at radius 1 is 1.75 bits per heavy atom. The highest BCUT2D eigenvalue weighted by Crippen LogP contribution is 2.17. The molecule has 1 heterocycles. The van der Waals surface area contributed by atoms with Crippen molar-refractivity contribution in [1.82, 2.24) is 0 Å². The smallest absolute Gasteiger partial charge is 0.308 e. The van der Waals surface area contributed by atoms with Crippen LogP contribution in [0.1, 0.15) is 26.2 Å². The molecule has 0 radical (unpaired) electrons. The summed E-state index contributed by atoms with van der Waals surface area (Å²) in [7, 11) is 0. The summed E-state index contributed by atoms with van der Waals surface area (Å²) in [6.07, 6.45) is 4.63. The standard InChI is InChI=1S/C9H14O3/c1-2-3-4-8-5-7(10)6-9(11)12-8/h2-3,7-8,10H,4-6H2,1H3. The van der Waals surface area contributed by atoms with Crippen molar-refractivity contribution in [3.8, 4) is 0 Å². The van der Waals surface area contributed by atoms with Crippen molar-refractivity contribution in [2.75, 3.05) is 0 Å². The Balaban J connectivity index is 2.38. The number of carbonyl (C=O) groups excluding carboxylic acids is 1. The minimum atomic E-state index is -0.512. The van der Waals surface area contributed by atoms with Crippen molar-refractivity contribution in [2.45, 2.75) is 38.4 Å². The van der Waals surface area contributed by atoms with Gasteiger partial charge in [0.1, 0.15) is 6.10 Å². The molecule has 1 aliphatic heterocycles. The summed E-state index contributed by atoms with van der Waals surface area (Å²) in [6, 6.07) is 0. The van der Waals surface area contributed by atoms with Crippen LogP contribution < -0.4 is 0 Å². The number of rotatable bonds is 2. The third-order valence-electron chi connectivity index (χ3n) is 1.87. The molecule has 1 N–H and O–H groups in total. The van der Waals surface area contributed by atoms with Gasteiger partial charge in [-0.1, -0.05) is 12.2 Å². The van der Waals surface area contributed by atoms with Crippen molar-refractivity contribution < 1.29 is 14.6 Å². The topological polar surface area (TPSA) is 46.5 Å².